The van der Waals surface area contributed by atoms with E-state index in [1.165, 1.54) is 12.8 Å². The van der Waals surface area contributed by atoms with Gasteiger partial charge < -0.3 is 10.6 Å². The normalized spacial score (nSPS) is 22.8. The van der Waals surface area contributed by atoms with Crippen LogP contribution in [0.2, 0.25) is 0 Å². The molecule has 1 heterocycles. The van der Waals surface area contributed by atoms with Gasteiger partial charge in [-0.3, -0.25) is 4.79 Å². The predicted octanol–water partition coefficient (Wildman–Crippen LogP) is 0.904. The highest BCUT2D eigenvalue weighted by Crippen LogP contribution is 2.15. The topological polar surface area (TPSA) is 41.1 Å². The molecule has 0 radical (unpaired) electrons. The number of hydrogen-bond donors (Lipinski definition) is 2. The molecule has 0 aliphatic carbocycles. The van der Waals surface area contributed by atoms with Gasteiger partial charge in [0, 0.05) is 6.42 Å². The van der Waals surface area contributed by atoms with Crippen molar-refractivity contribution in [1.29, 1.82) is 0 Å². The van der Waals surface area contributed by atoms with Crippen LogP contribution in [0, 0.1) is 18.3 Å². The van der Waals surface area contributed by atoms with Crippen molar-refractivity contribution in [3.05, 3.63) is 0 Å². The zero-order valence-corrected chi connectivity index (χ0v) is 9.38. The largest absolute Gasteiger partial charge is 0.343 e. The van der Waals surface area contributed by atoms with Gasteiger partial charge in [-0.25, -0.2) is 0 Å². The summed E-state index contributed by atoms with van der Waals surface area (Å²) in [5.41, 5.74) is 0. The van der Waals surface area contributed by atoms with E-state index in [1.54, 1.807) is 0 Å². The van der Waals surface area contributed by atoms with E-state index in [-0.39, 0.29) is 11.9 Å². The third kappa shape index (κ3) is 4.85. The molecule has 15 heavy (non-hydrogen) atoms. The summed E-state index contributed by atoms with van der Waals surface area (Å²) in [6.07, 6.45) is 9.22. The Balaban J connectivity index is 2.13. The molecule has 0 saturated carbocycles. The van der Waals surface area contributed by atoms with Crippen LogP contribution in [0.1, 0.15) is 32.6 Å². The van der Waals surface area contributed by atoms with Crippen LogP contribution >= 0.6 is 0 Å². The van der Waals surface area contributed by atoms with Crippen LogP contribution in [-0.4, -0.2) is 25.0 Å². The summed E-state index contributed by atoms with van der Waals surface area (Å²) >= 11 is 0. The fourth-order valence-electron chi connectivity index (χ4n) is 1.86. The molecule has 0 bridgehead atoms. The first kappa shape index (κ1) is 12.1. The zero-order valence-electron chi connectivity index (χ0n) is 9.38. The molecular formula is C12H20N2O. The van der Waals surface area contributed by atoms with Crippen molar-refractivity contribution in [2.45, 2.75) is 38.6 Å². The predicted molar refractivity (Wildman–Crippen MR) is 61.3 cm³/mol. The lowest BCUT2D eigenvalue weighted by atomic mass is 9.94. The van der Waals surface area contributed by atoms with E-state index in [9.17, 15) is 4.79 Å². The van der Waals surface area contributed by atoms with E-state index in [0.29, 0.717) is 12.3 Å². The molecule has 0 aromatic heterocycles. The summed E-state index contributed by atoms with van der Waals surface area (Å²) in [6, 6.07) is -0.151. The molecule has 2 N–H and O–H groups in total. The highest BCUT2D eigenvalue weighted by atomic mass is 16.1. The van der Waals surface area contributed by atoms with Crippen molar-refractivity contribution in [1.82, 2.24) is 10.6 Å². The Kier molecular flexibility index (Phi) is 5.20. The Morgan fingerprint density at radius 3 is 3.13 bits per heavy atom. The molecule has 3 nitrogen and oxygen atoms in total. The van der Waals surface area contributed by atoms with Gasteiger partial charge in [0.25, 0.3) is 0 Å². The molecule has 2 atom stereocenters. The van der Waals surface area contributed by atoms with Gasteiger partial charge in [0.15, 0.2) is 0 Å². The number of terminal acetylenes is 1. The maximum absolute atomic E-state index is 11.4. The molecule has 0 spiro atoms. The van der Waals surface area contributed by atoms with Crippen LogP contribution in [-0.2, 0) is 4.79 Å². The van der Waals surface area contributed by atoms with Crippen LogP contribution in [0.4, 0.5) is 0 Å². The second-order valence-electron chi connectivity index (χ2n) is 4.21. The van der Waals surface area contributed by atoms with E-state index < -0.39 is 0 Å². The lowest BCUT2D eigenvalue weighted by molar-refractivity contribution is -0.121. The van der Waals surface area contributed by atoms with Gasteiger partial charge in [-0.2, -0.15) is 0 Å². The van der Waals surface area contributed by atoms with E-state index in [1.807, 2.05) is 6.92 Å². The minimum Gasteiger partial charge on any atom is -0.343 e. The summed E-state index contributed by atoms with van der Waals surface area (Å²) in [4.78, 5) is 11.4. The number of carbonyl (C=O) groups is 1. The summed E-state index contributed by atoms with van der Waals surface area (Å²) < 4.78 is 0. The first-order valence-electron chi connectivity index (χ1n) is 5.68. The van der Waals surface area contributed by atoms with Crippen molar-refractivity contribution in [2.75, 3.05) is 13.1 Å². The van der Waals surface area contributed by atoms with E-state index in [4.69, 9.17) is 6.42 Å². The fraction of sp³-hybridized carbons (Fsp3) is 0.750. The molecule has 1 amide bonds. The van der Waals surface area contributed by atoms with Crippen molar-refractivity contribution < 1.29 is 4.79 Å². The first-order chi connectivity index (χ1) is 7.22. The van der Waals surface area contributed by atoms with Crippen molar-refractivity contribution >= 4 is 5.91 Å². The molecule has 1 aliphatic rings. The number of nitrogens with one attached hydrogen (secondary N) is 2. The molecule has 1 fully saturated rings. The minimum absolute atomic E-state index is 0.0750. The smallest absolute Gasteiger partial charge is 0.220 e. The van der Waals surface area contributed by atoms with Crippen LogP contribution in [0.25, 0.3) is 0 Å². The standard InChI is InChI=1S/C12H20N2O/c1-3-10(2)14-12(15)7-6-11-5-4-8-13-9-11/h1,10-11,13H,4-9H2,2H3,(H,14,15). The minimum atomic E-state index is -0.151. The maximum atomic E-state index is 11.4. The molecule has 1 saturated heterocycles. The zero-order chi connectivity index (χ0) is 11.1. The Morgan fingerprint density at radius 1 is 1.73 bits per heavy atom. The molecule has 2 unspecified atom stereocenters. The third-order valence-corrected chi connectivity index (χ3v) is 2.81. The van der Waals surface area contributed by atoms with Crippen LogP contribution in [0.15, 0.2) is 0 Å². The Bertz CT molecular complexity index is 238. The summed E-state index contributed by atoms with van der Waals surface area (Å²) in [7, 11) is 0. The molecule has 1 aliphatic heterocycles. The molecule has 3 heteroatoms. The van der Waals surface area contributed by atoms with Crippen molar-refractivity contribution in [3.8, 4) is 12.3 Å². The first-order valence-corrected chi connectivity index (χ1v) is 5.68. The monoisotopic (exact) mass is 208 g/mol. The second-order valence-corrected chi connectivity index (χ2v) is 4.21. The number of carbonyl (C=O) groups excluding carboxylic acids is 1. The molecular weight excluding hydrogens is 188 g/mol. The Hall–Kier alpha value is -1.01. The third-order valence-electron chi connectivity index (χ3n) is 2.81. The van der Waals surface area contributed by atoms with Crippen LogP contribution < -0.4 is 10.6 Å². The van der Waals surface area contributed by atoms with Gasteiger partial charge in [0.05, 0.1) is 6.04 Å². The number of hydrogen-bond acceptors (Lipinski definition) is 2. The van der Waals surface area contributed by atoms with Crippen molar-refractivity contribution in [3.63, 3.8) is 0 Å². The number of piperidine rings is 1. The van der Waals surface area contributed by atoms with Gasteiger partial charge >= 0.3 is 0 Å². The van der Waals surface area contributed by atoms with Gasteiger partial charge in [-0.15, -0.1) is 6.42 Å². The summed E-state index contributed by atoms with van der Waals surface area (Å²) in [6.45, 7) is 3.99. The highest BCUT2D eigenvalue weighted by Gasteiger charge is 2.14. The molecule has 0 aromatic carbocycles. The Morgan fingerprint density at radius 2 is 2.53 bits per heavy atom. The van der Waals surface area contributed by atoms with Crippen LogP contribution in [0.3, 0.4) is 0 Å². The Labute approximate surface area is 92.0 Å². The average molecular weight is 208 g/mol. The highest BCUT2D eigenvalue weighted by molar-refractivity contribution is 5.76. The number of rotatable bonds is 4. The average Bonchev–Trinajstić information content (AvgIpc) is 2.27. The van der Waals surface area contributed by atoms with Gasteiger partial charge in [0.1, 0.15) is 0 Å². The van der Waals surface area contributed by atoms with Crippen molar-refractivity contribution in [2.24, 2.45) is 5.92 Å². The maximum Gasteiger partial charge on any atom is 0.220 e. The van der Waals surface area contributed by atoms with E-state index >= 15 is 0 Å². The van der Waals surface area contributed by atoms with Crippen LogP contribution in [0.5, 0.6) is 0 Å². The fourth-order valence-corrected chi connectivity index (χ4v) is 1.86. The SMILES string of the molecule is C#CC(C)NC(=O)CCC1CCCNC1. The lowest BCUT2D eigenvalue weighted by Gasteiger charge is -2.22. The summed E-state index contributed by atoms with van der Waals surface area (Å²) in [5.74, 6) is 3.22. The van der Waals surface area contributed by atoms with Gasteiger partial charge in [0.2, 0.25) is 5.91 Å². The molecule has 0 aromatic rings. The van der Waals surface area contributed by atoms with Gasteiger partial charge in [-0.1, -0.05) is 5.92 Å². The lowest BCUT2D eigenvalue weighted by Crippen LogP contribution is -2.33. The molecule has 84 valence electrons. The van der Waals surface area contributed by atoms with E-state index in [0.717, 1.165) is 19.5 Å². The van der Waals surface area contributed by atoms with Gasteiger partial charge in [-0.05, 0) is 45.2 Å². The summed E-state index contributed by atoms with van der Waals surface area (Å²) in [5, 5.41) is 6.12. The second kappa shape index (κ2) is 6.47. The molecule has 1 rings (SSSR count). The number of amides is 1. The van der Waals surface area contributed by atoms with E-state index in [2.05, 4.69) is 16.6 Å². The quantitative estimate of drug-likeness (QED) is 0.674.